The normalized spacial score (nSPS) is 16.8. The molecule has 2 rings (SSSR count). The number of ether oxygens (including phenoxy) is 1. The third-order valence-electron chi connectivity index (χ3n) is 2.97. The Morgan fingerprint density at radius 3 is 2.61 bits per heavy atom. The van der Waals surface area contributed by atoms with Crippen molar-refractivity contribution in [1.82, 2.24) is 5.32 Å². The Labute approximate surface area is 113 Å². The van der Waals surface area contributed by atoms with Gasteiger partial charge in [-0.05, 0) is 36.8 Å². The van der Waals surface area contributed by atoms with Gasteiger partial charge in [0.25, 0.3) is 0 Å². The van der Waals surface area contributed by atoms with Crippen LogP contribution in [-0.2, 0) is 0 Å². The van der Waals surface area contributed by atoms with E-state index in [0.29, 0.717) is 6.61 Å². The molecule has 1 aromatic carbocycles. The molecule has 1 N–H and O–H groups in total. The highest BCUT2D eigenvalue weighted by atomic mass is 35.5. The minimum Gasteiger partial charge on any atom is -0.489 e. The summed E-state index contributed by atoms with van der Waals surface area (Å²) in [6, 6.07) is 8.25. The number of rotatable bonds is 4. The Kier molecular flexibility index (Phi) is 4.90. The molecule has 0 aromatic heterocycles. The topological polar surface area (TPSA) is 24.5 Å². The third kappa shape index (κ3) is 3.65. The van der Waals surface area contributed by atoms with E-state index in [2.05, 4.69) is 22.3 Å². The number of nitrogens with one attached hydrogen (secondary N) is 1. The molecule has 1 aliphatic heterocycles. The first-order valence-electron chi connectivity index (χ1n) is 6.24. The van der Waals surface area contributed by atoms with Crippen LogP contribution in [0.25, 0.3) is 0 Å². The van der Waals surface area contributed by atoms with Crippen LogP contribution in [0.4, 0.5) is 5.69 Å². The van der Waals surface area contributed by atoms with Crippen molar-refractivity contribution in [2.75, 3.05) is 37.7 Å². The van der Waals surface area contributed by atoms with Gasteiger partial charge in [0, 0.05) is 37.4 Å². The molecule has 4 heteroatoms. The van der Waals surface area contributed by atoms with Crippen molar-refractivity contribution in [2.45, 2.75) is 6.92 Å². The predicted molar refractivity (Wildman–Crippen MR) is 76.6 cm³/mol. The molecule has 1 aromatic rings. The van der Waals surface area contributed by atoms with E-state index in [1.165, 1.54) is 5.69 Å². The summed E-state index contributed by atoms with van der Waals surface area (Å²) in [5.74, 6) is 0.881. The zero-order valence-corrected chi connectivity index (χ0v) is 11.4. The summed E-state index contributed by atoms with van der Waals surface area (Å²) in [5.41, 5.74) is 3.83. The van der Waals surface area contributed by atoms with Crippen LogP contribution in [0.3, 0.4) is 0 Å². The van der Waals surface area contributed by atoms with Gasteiger partial charge in [-0.15, -0.1) is 0 Å². The van der Waals surface area contributed by atoms with Gasteiger partial charge in [-0.25, -0.2) is 0 Å². The Hall–Kier alpha value is -1.19. The molecular formula is C14H19ClN2O. The summed E-state index contributed by atoms with van der Waals surface area (Å²) in [5, 5.41) is 3.35. The van der Waals surface area contributed by atoms with E-state index in [1.54, 1.807) is 5.54 Å². The maximum absolute atomic E-state index is 5.62. The van der Waals surface area contributed by atoms with Gasteiger partial charge in [-0.3, -0.25) is 0 Å². The van der Waals surface area contributed by atoms with Gasteiger partial charge in [-0.2, -0.15) is 0 Å². The number of benzene rings is 1. The third-order valence-corrected chi connectivity index (χ3v) is 3.34. The van der Waals surface area contributed by atoms with Gasteiger partial charge in [-0.1, -0.05) is 11.6 Å². The average Bonchev–Trinajstić information content (AvgIpc) is 2.46. The van der Waals surface area contributed by atoms with E-state index < -0.39 is 0 Å². The van der Waals surface area contributed by atoms with Crippen LogP contribution in [0.1, 0.15) is 6.92 Å². The van der Waals surface area contributed by atoms with Gasteiger partial charge in [0.2, 0.25) is 0 Å². The van der Waals surface area contributed by atoms with E-state index >= 15 is 0 Å². The van der Waals surface area contributed by atoms with E-state index in [0.717, 1.165) is 37.5 Å². The maximum atomic E-state index is 5.62. The van der Waals surface area contributed by atoms with Crippen molar-refractivity contribution in [3.05, 3.63) is 35.4 Å². The first kappa shape index (κ1) is 13.2. The summed E-state index contributed by atoms with van der Waals surface area (Å²) >= 11 is 5.59. The summed E-state index contributed by atoms with van der Waals surface area (Å²) in [4.78, 5) is 2.38. The van der Waals surface area contributed by atoms with Gasteiger partial charge in [0.1, 0.15) is 12.4 Å². The molecule has 98 valence electrons. The molecule has 0 aliphatic carbocycles. The number of piperazine rings is 1. The van der Waals surface area contributed by atoms with Crippen LogP contribution in [0.5, 0.6) is 5.75 Å². The molecule has 0 radical (unpaired) electrons. The number of halogens is 1. The van der Waals surface area contributed by atoms with E-state index in [4.69, 9.17) is 16.3 Å². The smallest absolute Gasteiger partial charge is 0.119 e. The lowest BCUT2D eigenvalue weighted by molar-refractivity contribution is 0.352. The van der Waals surface area contributed by atoms with Crippen molar-refractivity contribution < 1.29 is 4.74 Å². The van der Waals surface area contributed by atoms with Crippen molar-refractivity contribution in [1.29, 1.82) is 0 Å². The average molecular weight is 267 g/mol. The fraction of sp³-hybridized carbons (Fsp3) is 0.429. The summed E-state index contributed by atoms with van der Waals surface area (Å²) in [6.45, 7) is 6.72. The molecule has 0 spiro atoms. The minimum absolute atomic E-state index is 0.538. The minimum atomic E-state index is 0.538. The van der Waals surface area contributed by atoms with Crippen LogP contribution in [0.15, 0.2) is 35.4 Å². The molecule has 3 nitrogen and oxygen atoms in total. The fourth-order valence-corrected chi connectivity index (χ4v) is 1.97. The molecule has 0 saturated carbocycles. The molecule has 1 aliphatic rings. The van der Waals surface area contributed by atoms with Crippen LogP contribution in [0, 0.1) is 0 Å². The molecule has 1 fully saturated rings. The summed E-state index contributed by atoms with van der Waals surface area (Å²) in [6.07, 6.45) is 0. The molecule has 0 amide bonds. The van der Waals surface area contributed by atoms with E-state index in [-0.39, 0.29) is 0 Å². The molecule has 1 saturated heterocycles. The standard InChI is InChI=1S/C14H19ClN2O/c1-12(10-15)11-18-14-4-2-13(3-5-14)17-8-6-16-7-9-17/h2-5,10,16H,6-9,11H2,1H3/b12-10-. The predicted octanol–water partition coefficient (Wildman–Crippen LogP) is 2.62. The first-order valence-corrected chi connectivity index (χ1v) is 6.67. The Bertz CT molecular complexity index is 397. The fourth-order valence-electron chi connectivity index (χ4n) is 1.90. The van der Waals surface area contributed by atoms with Gasteiger partial charge < -0.3 is 15.0 Å². The molecule has 0 unspecified atom stereocenters. The number of anilines is 1. The SMILES string of the molecule is C/C(=C/Cl)COc1ccc(N2CCNCC2)cc1. The van der Waals surface area contributed by atoms with Crippen molar-refractivity contribution >= 4 is 17.3 Å². The van der Waals surface area contributed by atoms with Gasteiger partial charge in [0.05, 0.1) is 0 Å². The highest BCUT2D eigenvalue weighted by Gasteiger charge is 2.09. The first-order chi connectivity index (χ1) is 8.79. The number of hydrogen-bond donors (Lipinski definition) is 1. The van der Waals surface area contributed by atoms with Crippen molar-refractivity contribution in [3.63, 3.8) is 0 Å². The largest absolute Gasteiger partial charge is 0.489 e. The highest BCUT2D eigenvalue weighted by Crippen LogP contribution is 2.20. The second-order valence-corrected chi connectivity index (χ2v) is 4.69. The summed E-state index contributed by atoms with van der Waals surface area (Å²) < 4.78 is 5.62. The number of hydrogen-bond acceptors (Lipinski definition) is 3. The lowest BCUT2D eigenvalue weighted by Crippen LogP contribution is -2.43. The lowest BCUT2D eigenvalue weighted by Gasteiger charge is -2.29. The highest BCUT2D eigenvalue weighted by molar-refractivity contribution is 6.25. The molecule has 1 heterocycles. The Balaban J connectivity index is 1.92. The van der Waals surface area contributed by atoms with E-state index in [9.17, 15) is 0 Å². The second-order valence-electron chi connectivity index (χ2n) is 4.48. The zero-order chi connectivity index (χ0) is 12.8. The molecule has 18 heavy (non-hydrogen) atoms. The van der Waals surface area contributed by atoms with Gasteiger partial charge in [0.15, 0.2) is 0 Å². The second kappa shape index (κ2) is 6.66. The van der Waals surface area contributed by atoms with Crippen LogP contribution >= 0.6 is 11.6 Å². The molecular weight excluding hydrogens is 248 g/mol. The molecule has 0 bridgehead atoms. The monoisotopic (exact) mass is 266 g/mol. The summed E-state index contributed by atoms with van der Waals surface area (Å²) in [7, 11) is 0. The molecule has 0 atom stereocenters. The number of nitrogens with zero attached hydrogens (tertiary/aromatic N) is 1. The van der Waals surface area contributed by atoms with E-state index in [1.807, 2.05) is 19.1 Å². The van der Waals surface area contributed by atoms with Crippen LogP contribution in [0.2, 0.25) is 0 Å². The zero-order valence-electron chi connectivity index (χ0n) is 10.7. The maximum Gasteiger partial charge on any atom is 0.119 e. The quantitative estimate of drug-likeness (QED) is 0.907. The van der Waals surface area contributed by atoms with Crippen molar-refractivity contribution in [3.8, 4) is 5.75 Å². The van der Waals surface area contributed by atoms with Gasteiger partial charge >= 0.3 is 0 Å². The Morgan fingerprint density at radius 2 is 2.00 bits per heavy atom. The van der Waals surface area contributed by atoms with Crippen LogP contribution in [-0.4, -0.2) is 32.8 Å². The Morgan fingerprint density at radius 1 is 1.33 bits per heavy atom. The van der Waals surface area contributed by atoms with Crippen LogP contribution < -0.4 is 15.0 Å². The van der Waals surface area contributed by atoms with Crippen molar-refractivity contribution in [2.24, 2.45) is 0 Å². The lowest BCUT2D eigenvalue weighted by atomic mass is 10.2.